The molecular formula is C17H21N3O3. The lowest BCUT2D eigenvalue weighted by atomic mass is 9.97. The molecule has 4 rings (SSSR count). The summed E-state index contributed by atoms with van der Waals surface area (Å²) in [6.07, 6.45) is 3.49. The molecule has 0 radical (unpaired) electrons. The number of likely N-dealkylation sites (tertiary alicyclic amines) is 1. The predicted octanol–water partition coefficient (Wildman–Crippen LogP) is 1.35. The van der Waals surface area contributed by atoms with E-state index < -0.39 is 5.60 Å². The van der Waals surface area contributed by atoms with Crippen LogP contribution in [0.4, 0.5) is 10.5 Å². The number of hydrogen-bond donors (Lipinski definition) is 3. The Balaban J connectivity index is 1.49. The maximum absolute atomic E-state index is 12.5. The fourth-order valence-corrected chi connectivity index (χ4v) is 3.72. The van der Waals surface area contributed by atoms with E-state index in [0.29, 0.717) is 49.6 Å². The van der Waals surface area contributed by atoms with Crippen molar-refractivity contribution in [3.05, 3.63) is 29.3 Å². The number of aliphatic hydroxyl groups is 1. The minimum Gasteiger partial charge on any atom is -0.388 e. The smallest absolute Gasteiger partial charge is 0.321 e. The Bertz CT molecular complexity index is 671. The molecule has 1 saturated carbocycles. The van der Waals surface area contributed by atoms with Gasteiger partial charge in [0.1, 0.15) is 0 Å². The number of fused-ring (bicyclic) bond motifs is 1. The van der Waals surface area contributed by atoms with Gasteiger partial charge in [-0.15, -0.1) is 0 Å². The molecule has 122 valence electrons. The van der Waals surface area contributed by atoms with Crippen molar-refractivity contribution in [2.75, 3.05) is 25.0 Å². The highest BCUT2D eigenvalue weighted by Crippen LogP contribution is 2.44. The van der Waals surface area contributed by atoms with Gasteiger partial charge in [-0.1, -0.05) is 6.07 Å². The standard InChI is InChI=1S/C17H21N3O3/c21-15-13-2-1-3-14(12(13)6-8-18-15)19-16(22)20-9-7-17(23,10-20)11-4-5-11/h1-3,11,23H,4-10H2,(H,18,21)(H,19,22). The topological polar surface area (TPSA) is 81.7 Å². The van der Waals surface area contributed by atoms with Crippen molar-refractivity contribution in [2.24, 2.45) is 5.92 Å². The summed E-state index contributed by atoms with van der Waals surface area (Å²) in [4.78, 5) is 26.1. The number of benzene rings is 1. The maximum atomic E-state index is 12.5. The molecular weight excluding hydrogens is 294 g/mol. The molecule has 0 aromatic heterocycles. The minimum atomic E-state index is -0.701. The normalized spacial score (nSPS) is 26.7. The van der Waals surface area contributed by atoms with Crippen LogP contribution in [0.1, 0.15) is 35.2 Å². The first kappa shape index (κ1) is 14.5. The maximum Gasteiger partial charge on any atom is 0.321 e. The van der Waals surface area contributed by atoms with E-state index in [9.17, 15) is 14.7 Å². The summed E-state index contributed by atoms with van der Waals surface area (Å²) in [5.41, 5.74) is 1.52. The third-order valence-electron chi connectivity index (χ3n) is 5.23. The van der Waals surface area contributed by atoms with E-state index in [1.54, 1.807) is 17.0 Å². The van der Waals surface area contributed by atoms with Gasteiger partial charge in [-0.2, -0.15) is 0 Å². The van der Waals surface area contributed by atoms with Crippen LogP contribution in [-0.2, 0) is 6.42 Å². The van der Waals surface area contributed by atoms with Crippen molar-refractivity contribution >= 4 is 17.6 Å². The zero-order valence-corrected chi connectivity index (χ0v) is 13.0. The Morgan fingerprint density at radius 2 is 2.22 bits per heavy atom. The van der Waals surface area contributed by atoms with E-state index in [4.69, 9.17) is 0 Å². The summed E-state index contributed by atoms with van der Waals surface area (Å²) in [6, 6.07) is 5.20. The number of carbonyl (C=O) groups is 2. The van der Waals surface area contributed by atoms with Crippen LogP contribution in [0, 0.1) is 5.92 Å². The lowest BCUT2D eigenvalue weighted by Gasteiger charge is -2.24. The second kappa shape index (κ2) is 5.23. The van der Waals surface area contributed by atoms with Gasteiger partial charge in [0.05, 0.1) is 12.1 Å². The van der Waals surface area contributed by atoms with Gasteiger partial charge in [0.25, 0.3) is 5.91 Å². The molecule has 1 atom stereocenters. The molecule has 1 aromatic rings. The van der Waals surface area contributed by atoms with Gasteiger partial charge in [-0.25, -0.2) is 4.79 Å². The van der Waals surface area contributed by atoms with Crippen molar-refractivity contribution in [3.63, 3.8) is 0 Å². The molecule has 3 N–H and O–H groups in total. The van der Waals surface area contributed by atoms with Crippen LogP contribution in [0.5, 0.6) is 0 Å². The van der Waals surface area contributed by atoms with E-state index in [2.05, 4.69) is 10.6 Å². The predicted molar refractivity (Wildman–Crippen MR) is 85.4 cm³/mol. The average Bonchev–Trinajstić information content (AvgIpc) is 3.32. The molecule has 2 heterocycles. The SMILES string of the molecule is O=C1NCCc2c(NC(=O)N3CCC(O)(C4CC4)C3)cccc21. The van der Waals surface area contributed by atoms with E-state index in [1.807, 2.05) is 6.07 Å². The number of nitrogens with zero attached hydrogens (tertiary/aromatic N) is 1. The molecule has 0 spiro atoms. The summed E-state index contributed by atoms with van der Waals surface area (Å²) in [5, 5.41) is 16.3. The third-order valence-corrected chi connectivity index (χ3v) is 5.23. The number of amides is 3. The van der Waals surface area contributed by atoms with Crippen LogP contribution in [0.25, 0.3) is 0 Å². The molecule has 1 aliphatic carbocycles. The van der Waals surface area contributed by atoms with Crippen LogP contribution in [0.15, 0.2) is 18.2 Å². The van der Waals surface area contributed by atoms with Crippen molar-refractivity contribution in [2.45, 2.75) is 31.3 Å². The average molecular weight is 315 g/mol. The largest absolute Gasteiger partial charge is 0.388 e. The highest BCUT2D eigenvalue weighted by Gasteiger charge is 2.49. The van der Waals surface area contributed by atoms with Gasteiger partial charge in [0.15, 0.2) is 0 Å². The first-order chi connectivity index (χ1) is 11.1. The molecule has 0 bridgehead atoms. The van der Waals surface area contributed by atoms with Crippen molar-refractivity contribution in [1.29, 1.82) is 0 Å². The van der Waals surface area contributed by atoms with Crippen molar-refractivity contribution < 1.29 is 14.7 Å². The van der Waals surface area contributed by atoms with Gasteiger partial charge < -0.3 is 20.6 Å². The van der Waals surface area contributed by atoms with E-state index in [0.717, 1.165) is 18.4 Å². The summed E-state index contributed by atoms with van der Waals surface area (Å²) < 4.78 is 0. The van der Waals surface area contributed by atoms with Crippen molar-refractivity contribution in [3.8, 4) is 0 Å². The molecule has 1 saturated heterocycles. The number of rotatable bonds is 2. The fraction of sp³-hybridized carbons (Fsp3) is 0.529. The number of urea groups is 1. The number of anilines is 1. The van der Waals surface area contributed by atoms with Crippen LogP contribution >= 0.6 is 0 Å². The zero-order chi connectivity index (χ0) is 16.0. The Labute approximate surface area is 134 Å². The molecule has 1 aromatic carbocycles. The second-order valence-electron chi connectivity index (χ2n) is 6.82. The Kier molecular flexibility index (Phi) is 3.30. The van der Waals surface area contributed by atoms with Gasteiger partial charge in [-0.3, -0.25) is 4.79 Å². The molecule has 3 amide bonds. The first-order valence-electron chi connectivity index (χ1n) is 8.25. The number of nitrogens with one attached hydrogen (secondary N) is 2. The number of β-amino-alcohol motifs (C(OH)–C–C–N with tert-alkyl or cyclic N) is 1. The monoisotopic (exact) mass is 315 g/mol. The van der Waals surface area contributed by atoms with Crippen LogP contribution < -0.4 is 10.6 Å². The molecule has 2 aliphatic heterocycles. The summed E-state index contributed by atoms with van der Waals surface area (Å²) in [6.45, 7) is 1.57. The Hall–Kier alpha value is -2.08. The van der Waals surface area contributed by atoms with Crippen LogP contribution in [0.3, 0.4) is 0 Å². The summed E-state index contributed by atoms with van der Waals surface area (Å²) in [7, 11) is 0. The Morgan fingerprint density at radius 1 is 1.39 bits per heavy atom. The second-order valence-corrected chi connectivity index (χ2v) is 6.82. The van der Waals surface area contributed by atoms with Gasteiger partial charge >= 0.3 is 6.03 Å². The number of hydrogen-bond acceptors (Lipinski definition) is 3. The summed E-state index contributed by atoms with van der Waals surface area (Å²) >= 11 is 0. The lowest BCUT2D eigenvalue weighted by Crippen LogP contribution is -2.40. The van der Waals surface area contributed by atoms with E-state index in [1.165, 1.54) is 0 Å². The van der Waals surface area contributed by atoms with Gasteiger partial charge in [-0.05, 0) is 49.3 Å². The third kappa shape index (κ3) is 2.57. The summed E-state index contributed by atoms with van der Waals surface area (Å²) in [5.74, 6) is 0.264. The lowest BCUT2D eigenvalue weighted by molar-refractivity contribution is 0.0306. The Morgan fingerprint density at radius 3 is 3.00 bits per heavy atom. The zero-order valence-electron chi connectivity index (χ0n) is 13.0. The molecule has 3 aliphatic rings. The fourth-order valence-electron chi connectivity index (χ4n) is 3.72. The first-order valence-corrected chi connectivity index (χ1v) is 8.25. The van der Waals surface area contributed by atoms with Gasteiger partial charge in [0.2, 0.25) is 0 Å². The molecule has 6 nitrogen and oxygen atoms in total. The molecule has 23 heavy (non-hydrogen) atoms. The van der Waals surface area contributed by atoms with Crippen LogP contribution in [-0.4, -0.2) is 47.2 Å². The molecule has 6 heteroatoms. The van der Waals surface area contributed by atoms with E-state index in [-0.39, 0.29) is 11.9 Å². The van der Waals surface area contributed by atoms with Crippen LogP contribution in [0.2, 0.25) is 0 Å². The highest BCUT2D eigenvalue weighted by atomic mass is 16.3. The van der Waals surface area contributed by atoms with E-state index >= 15 is 0 Å². The highest BCUT2D eigenvalue weighted by molar-refractivity contribution is 6.00. The minimum absolute atomic E-state index is 0.0911. The van der Waals surface area contributed by atoms with Gasteiger partial charge in [0, 0.05) is 24.3 Å². The number of carbonyl (C=O) groups excluding carboxylic acids is 2. The molecule has 2 fully saturated rings. The quantitative estimate of drug-likeness (QED) is 0.770. The van der Waals surface area contributed by atoms with Crippen molar-refractivity contribution in [1.82, 2.24) is 10.2 Å². The molecule has 1 unspecified atom stereocenters.